The number of phenolic OH excluding ortho intramolecular Hbond substituents is 1. The second kappa shape index (κ2) is 7.92. The average molecular weight is 380 g/mol. The van der Waals surface area contributed by atoms with Crippen LogP contribution in [-0.2, 0) is 9.59 Å². The lowest BCUT2D eigenvalue weighted by atomic mass is 10.1. The third-order valence-corrected chi connectivity index (χ3v) is 5.48. The van der Waals surface area contributed by atoms with Crippen molar-refractivity contribution in [3.8, 4) is 11.5 Å². The predicted molar refractivity (Wildman–Crippen MR) is 104 cm³/mol. The molecule has 0 radical (unpaired) electrons. The zero-order valence-corrected chi connectivity index (χ0v) is 15.7. The molecule has 1 saturated carbocycles. The molecule has 28 heavy (non-hydrogen) atoms. The summed E-state index contributed by atoms with van der Waals surface area (Å²) in [7, 11) is 0. The van der Waals surface area contributed by atoms with Crippen molar-refractivity contribution in [3.05, 3.63) is 60.2 Å². The van der Waals surface area contributed by atoms with E-state index in [0.29, 0.717) is 37.8 Å². The summed E-state index contributed by atoms with van der Waals surface area (Å²) in [4.78, 5) is 28.7. The van der Waals surface area contributed by atoms with E-state index in [1.54, 1.807) is 17.0 Å². The molecule has 2 fully saturated rings. The van der Waals surface area contributed by atoms with E-state index >= 15 is 0 Å². The highest BCUT2D eigenvalue weighted by molar-refractivity contribution is 5.83. The standard InChI is InChI=1S/C22H24N2O4/c25-17-6-8-18(9-7-17)28-15-21(26)23-10-12-24(13-11-23)22(27)20-14-19(20)16-4-2-1-3-5-16/h1-9,19-20,25H,10-15H2/t19-,20+/m0/s1. The lowest BCUT2D eigenvalue weighted by Crippen LogP contribution is -2.52. The fourth-order valence-corrected chi connectivity index (χ4v) is 3.73. The van der Waals surface area contributed by atoms with Crippen LogP contribution >= 0.6 is 0 Å². The van der Waals surface area contributed by atoms with Crippen molar-refractivity contribution in [2.75, 3.05) is 32.8 Å². The molecule has 4 rings (SSSR count). The second-order valence-corrected chi connectivity index (χ2v) is 7.35. The number of carbonyl (C=O) groups excluding carboxylic acids is 2. The summed E-state index contributed by atoms with van der Waals surface area (Å²) in [6.45, 7) is 2.17. The molecule has 6 heteroatoms. The number of hydrogen-bond donors (Lipinski definition) is 1. The molecule has 0 unspecified atom stereocenters. The molecule has 2 aromatic rings. The highest BCUT2D eigenvalue weighted by atomic mass is 16.5. The lowest BCUT2D eigenvalue weighted by Gasteiger charge is -2.35. The van der Waals surface area contributed by atoms with Gasteiger partial charge in [0.05, 0.1) is 0 Å². The van der Waals surface area contributed by atoms with Crippen molar-refractivity contribution in [1.82, 2.24) is 9.80 Å². The summed E-state index contributed by atoms with van der Waals surface area (Å²) >= 11 is 0. The van der Waals surface area contributed by atoms with Crippen LogP contribution in [0.2, 0.25) is 0 Å². The van der Waals surface area contributed by atoms with Gasteiger partial charge in [0.15, 0.2) is 6.61 Å². The molecule has 2 aliphatic rings. The fourth-order valence-electron chi connectivity index (χ4n) is 3.73. The van der Waals surface area contributed by atoms with Crippen molar-refractivity contribution < 1.29 is 19.4 Å². The Hall–Kier alpha value is -3.02. The molecule has 2 atom stereocenters. The Morgan fingerprint density at radius 2 is 1.57 bits per heavy atom. The van der Waals surface area contributed by atoms with E-state index in [2.05, 4.69) is 12.1 Å². The number of amides is 2. The minimum absolute atomic E-state index is 0.0442. The fraction of sp³-hybridized carbons (Fsp3) is 0.364. The van der Waals surface area contributed by atoms with Gasteiger partial charge in [0.25, 0.3) is 5.91 Å². The van der Waals surface area contributed by atoms with E-state index in [1.807, 2.05) is 23.1 Å². The van der Waals surface area contributed by atoms with Crippen molar-refractivity contribution in [2.24, 2.45) is 5.92 Å². The minimum atomic E-state index is -0.0891. The molecule has 146 valence electrons. The Morgan fingerprint density at radius 1 is 0.929 bits per heavy atom. The van der Waals surface area contributed by atoms with Gasteiger partial charge in [0.2, 0.25) is 5.91 Å². The molecule has 6 nitrogen and oxygen atoms in total. The molecule has 1 N–H and O–H groups in total. The van der Waals surface area contributed by atoms with Crippen LogP contribution in [0.3, 0.4) is 0 Å². The zero-order chi connectivity index (χ0) is 19.5. The van der Waals surface area contributed by atoms with Gasteiger partial charge in [-0.2, -0.15) is 0 Å². The first-order chi connectivity index (χ1) is 13.6. The maximum Gasteiger partial charge on any atom is 0.260 e. The molecular formula is C22H24N2O4. The largest absolute Gasteiger partial charge is 0.508 e. The van der Waals surface area contributed by atoms with Gasteiger partial charge >= 0.3 is 0 Å². The average Bonchev–Trinajstić information content (AvgIpc) is 3.54. The van der Waals surface area contributed by atoms with Gasteiger partial charge in [0, 0.05) is 32.1 Å². The number of benzene rings is 2. The Labute approximate surface area is 164 Å². The molecule has 0 bridgehead atoms. The Kier molecular flexibility index (Phi) is 5.19. The van der Waals surface area contributed by atoms with Gasteiger partial charge in [0.1, 0.15) is 11.5 Å². The maximum atomic E-state index is 12.7. The van der Waals surface area contributed by atoms with E-state index in [1.165, 1.54) is 17.7 Å². The van der Waals surface area contributed by atoms with Crippen LogP contribution in [0.25, 0.3) is 0 Å². The van der Waals surface area contributed by atoms with Crippen LogP contribution in [0.5, 0.6) is 11.5 Å². The number of piperazine rings is 1. The highest BCUT2D eigenvalue weighted by Gasteiger charge is 2.46. The number of aromatic hydroxyl groups is 1. The molecule has 1 heterocycles. The molecule has 2 amide bonds. The molecule has 0 aromatic heterocycles. The molecule has 1 aliphatic carbocycles. The maximum absolute atomic E-state index is 12.7. The topological polar surface area (TPSA) is 70.1 Å². The van der Waals surface area contributed by atoms with Gasteiger partial charge in [-0.05, 0) is 42.2 Å². The monoisotopic (exact) mass is 380 g/mol. The van der Waals surface area contributed by atoms with Crippen LogP contribution in [0.15, 0.2) is 54.6 Å². The number of hydrogen-bond acceptors (Lipinski definition) is 4. The van der Waals surface area contributed by atoms with E-state index in [9.17, 15) is 14.7 Å². The molecular weight excluding hydrogens is 356 g/mol. The second-order valence-electron chi connectivity index (χ2n) is 7.35. The summed E-state index contributed by atoms with van der Waals surface area (Å²) in [5, 5.41) is 9.27. The summed E-state index contributed by atoms with van der Waals surface area (Å²) < 4.78 is 5.48. The van der Waals surface area contributed by atoms with Crippen LogP contribution in [0.1, 0.15) is 17.9 Å². The number of nitrogens with zero attached hydrogens (tertiary/aromatic N) is 2. The Bertz CT molecular complexity index is 829. The van der Waals surface area contributed by atoms with Crippen molar-refractivity contribution in [1.29, 1.82) is 0 Å². The number of carbonyl (C=O) groups is 2. The van der Waals surface area contributed by atoms with Crippen LogP contribution in [0, 0.1) is 5.92 Å². The lowest BCUT2D eigenvalue weighted by molar-refractivity contribution is -0.141. The Morgan fingerprint density at radius 3 is 2.25 bits per heavy atom. The van der Waals surface area contributed by atoms with Crippen LogP contribution in [0.4, 0.5) is 0 Å². The smallest absolute Gasteiger partial charge is 0.260 e. The third kappa shape index (κ3) is 4.11. The summed E-state index contributed by atoms with van der Waals surface area (Å²) in [5.74, 6) is 1.25. The van der Waals surface area contributed by atoms with Gasteiger partial charge in [-0.1, -0.05) is 30.3 Å². The van der Waals surface area contributed by atoms with E-state index in [4.69, 9.17) is 4.74 Å². The van der Waals surface area contributed by atoms with Crippen molar-refractivity contribution in [2.45, 2.75) is 12.3 Å². The minimum Gasteiger partial charge on any atom is -0.508 e. The van der Waals surface area contributed by atoms with Crippen molar-refractivity contribution in [3.63, 3.8) is 0 Å². The molecule has 1 aliphatic heterocycles. The summed E-state index contributed by atoms with van der Waals surface area (Å²) in [6.07, 6.45) is 0.919. The van der Waals surface area contributed by atoms with E-state index in [-0.39, 0.29) is 30.1 Å². The molecule has 2 aromatic carbocycles. The molecule has 0 spiro atoms. The van der Waals surface area contributed by atoms with E-state index < -0.39 is 0 Å². The normalized spacial score (nSPS) is 21.3. The van der Waals surface area contributed by atoms with Crippen LogP contribution in [-0.4, -0.2) is 59.5 Å². The van der Waals surface area contributed by atoms with Gasteiger partial charge < -0.3 is 19.6 Å². The zero-order valence-electron chi connectivity index (χ0n) is 15.7. The van der Waals surface area contributed by atoms with E-state index in [0.717, 1.165) is 6.42 Å². The summed E-state index contributed by atoms with van der Waals surface area (Å²) in [6, 6.07) is 16.5. The Balaban J connectivity index is 1.22. The quantitative estimate of drug-likeness (QED) is 0.864. The van der Waals surface area contributed by atoms with Gasteiger partial charge in [-0.3, -0.25) is 9.59 Å². The summed E-state index contributed by atoms with van der Waals surface area (Å²) in [5.41, 5.74) is 1.24. The first-order valence-corrected chi connectivity index (χ1v) is 9.65. The number of phenols is 1. The predicted octanol–water partition coefficient (Wildman–Crippen LogP) is 2.25. The third-order valence-electron chi connectivity index (χ3n) is 5.48. The SMILES string of the molecule is O=C(COc1ccc(O)cc1)N1CCN(C(=O)[C@@H]2C[C@H]2c2ccccc2)CC1. The van der Waals surface area contributed by atoms with Crippen LogP contribution < -0.4 is 4.74 Å². The van der Waals surface area contributed by atoms with Gasteiger partial charge in [-0.15, -0.1) is 0 Å². The van der Waals surface area contributed by atoms with Gasteiger partial charge in [-0.25, -0.2) is 0 Å². The highest BCUT2D eigenvalue weighted by Crippen LogP contribution is 2.48. The first-order valence-electron chi connectivity index (χ1n) is 9.65. The first kappa shape index (κ1) is 18.3. The number of ether oxygens (including phenoxy) is 1. The number of rotatable bonds is 5. The van der Waals surface area contributed by atoms with Crippen molar-refractivity contribution >= 4 is 11.8 Å². The molecule has 1 saturated heterocycles.